The van der Waals surface area contributed by atoms with Crippen LogP contribution in [0.1, 0.15) is 86.0 Å². The average Bonchev–Trinajstić information content (AvgIpc) is 3.13. The maximum absolute atomic E-state index is 11.9. The maximum atomic E-state index is 11.9. The number of esters is 1. The monoisotopic (exact) mass is 516 g/mol. The molecule has 5 aliphatic heterocycles. The fourth-order valence-corrected chi connectivity index (χ4v) is 7.41. The molecule has 1 saturated carbocycles. The van der Waals surface area contributed by atoms with E-state index in [1.54, 1.807) is 0 Å². The lowest BCUT2D eigenvalue weighted by atomic mass is 9.58. The molecular weight excluding hydrogens is 472 g/mol. The molecule has 0 radical (unpaired) electrons. The Kier molecular flexibility index (Phi) is 6.60. The van der Waals surface area contributed by atoms with Crippen LogP contribution >= 0.6 is 0 Å². The molecule has 7 heteroatoms. The quantitative estimate of drug-likeness (QED) is 0.317. The van der Waals surface area contributed by atoms with E-state index in [0.29, 0.717) is 43.8 Å². The lowest BCUT2D eigenvalue weighted by Gasteiger charge is -2.66. The van der Waals surface area contributed by atoms with Gasteiger partial charge in [0, 0.05) is 12.8 Å². The third-order valence-electron chi connectivity index (χ3n) is 10.3. The molecule has 6 fully saturated rings. The number of carbonyl (C=O) groups is 1. The van der Waals surface area contributed by atoms with Crippen molar-refractivity contribution < 1.29 is 34.0 Å². The smallest absolute Gasteiger partial charge is 0.336 e. The van der Waals surface area contributed by atoms with Gasteiger partial charge in [-0.15, -0.1) is 0 Å². The van der Waals surface area contributed by atoms with E-state index in [4.69, 9.17) is 18.9 Å². The second-order valence-electron chi connectivity index (χ2n) is 13.1. The lowest BCUT2D eigenvalue weighted by Crippen LogP contribution is -2.78. The molecule has 2 N–H and O–H groups in total. The van der Waals surface area contributed by atoms with Crippen LogP contribution in [0.4, 0.5) is 0 Å². The Morgan fingerprint density at radius 3 is 2.41 bits per heavy atom. The molecule has 37 heavy (non-hydrogen) atoms. The highest BCUT2D eigenvalue weighted by atomic mass is 16.8. The van der Waals surface area contributed by atoms with E-state index in [1.165, 1.54) is 11.1 Å². The third-order valence-corrected chi connectivity index (χ3v) is 10.3. The highest BCUT2D eigenvalue weighted by molar-refractivity contribution is 5.91. The Morgan fingerprint density at radius 2 is 1.78 bits per heavy atom. The fourth-order valence-electron chi connectivity index (χ4n) is 7.41. The van der Waals surface area contributed by atoms with Gasteiger partial charge in [0.1, 0.15) is 23.9 Å². The van der Waals surface area contributed by atoms with Gasteiger partial charge in [-0.05, 0) is 82.1 Å². The molecule has 0 amide bonds. The lowest BCUT2D eigenvalue weighted by molar-refractivity contribution is -0.518. The summed E-state index contributed by atoms with van der Waals surface area (Å²) in [6.45, 7) is 15.3. The maximum Gasteiger partial charge on any atom is 0.336 e. The number of cyclic esters (lactones) is 1. The summed E-state index contributed by atoms with van der Waals surface area (Å²) >= 11 is 0. The third kappa shape index (κ3) is 4.35. The van der Waals surface area contributed by atoms with Gasteiger partial charge in [-0.1, -0.05) is 38.2 Å². The van der Waals surface area contributed by atoms with Crippen molar-refractivity contribution in [3.8, 4) is 0 Å². The summed E-state index contributed by atoms with van der Waals surface area (Å²) < 4.78 is 24.1. The first-order valence-electron chi connectivity index (χ1n) is 13.9. The van der Waals surface area contributed by atoms with Gasteiger partial charge in [0.05, 0.1) is 12.2 Å². The topological polar surface area (TPSA) is 94.5 Å². The Bertz CT molecular complexity index is 1010. The van der Waals surface area contributed by atoms with Crippen molar-refractivity contribution in [1.29, 1.82) is 0 Å². The Labute approximate surface area is 220 Å². The van der Waals surface area contributed by atoms with Gasteiger partial charge in [0.15, 0.2) is 5.79 Å². The second-order valence-corrected chi connectivity index (χ2v) is 13.1. The largest absolute Gasteiger partial charge is 0.459 e. The molecule has 5 heterocycles. The Morgan fingerprint density at radius 1 is 1.03 bits per heavy atom. The minimum Gasteiger partial charge on any atom is -0.459 e. The van der Waals surface area contributed by atoms with Crippen LogP contribution in [0.15, 0.2) is 35.5 Å². The number of aliphatic hydroxyl groups excluding tert-OH is 1. The van der Waals surface area contributed by atoms with Gasteiger partial charge in [-0.2, -0.15) is 0 Å². The summed E-state index contributed by atoms with van der Waals surface area (Å²) in [5.41, 5.74) is 1.50. The molecule has 0 aromatic rings. The predicted octanol–water partition coefficient (Wildman–Crippen LogP) is 4.72. The van der Waals surface area contributed by atoms with Crippen LogP contribution < -0.4 is 0 Å². The number of rotatable bonds is 4. The minimum atomic E-state index is -1.34. The Balaban J connectivity index is 1.24. The molecule has 7 nitrogen and oxygen atoms in total. The summed E-state index contributed by atoms with van der Waals surface area (Å²) in [6, 6.07) is 0. The number of aliphatic hydroxyl groups is 2. The molecule has 1 aliphatic carbocycles. The number of hydrogen-bond acceptors (Lipinski definition) is 7. The highest BCUT2D eigenvalue weighted by Crippen LogP contribution is 2.59. The zero-order chi connectivity index (χ0) is 26.9. The number of carbonyl (C=O) groups excluding carboxylic acids is 1. The molecule has 0 aromatic heterocycles. The summed E-state index contributed by atoms with van der Waals surface area (Å²) in [5.74, 6) is -1.96. The van der Waals surface area contributed by atoms with Crippen molar-refractivity contribution in [3.63, 3.8) is 0 Å². The Hall–Kier alpha value is -1.51. The normalized spacial score (nSPS) is 45.1. The van der Waals surface area contributed by atoms with Gasteiger partial charge < -0.3 is 29.2 Å². The first-order chi connectivity index (χ1) is 17.2. The van der Waals surface area contributed by atoms with Gasteiger partial charge >= 0.3 is 5.97 Å². The summed E-state index contributed by atoms with van der Waals surface area (Å²) in [4.78, 5) is 11.9. The van der Waals surface area contributed by atoms with Crippen molar-refractivity contribution in [3.05, 3.63) is 35.5 Å². The molecule has 0 aromatic carbocycles. The summed E-state index contributed by atoms with van der Waals surface area (Å²) in [5, 5.41) is 21.2. The van der Waals surface area contributed by atoms with Crippen LogP contribution in [0, 0.1) is 17.3 Å². The molecule has 0 unspecified atom stereocenters. The van der Waals surface area contributed by atoms with Crippen LogP contribution in [-0.2, 0) is 23.7 Å². The van der Waals surface area contributed by atoms with Crippen molar-refractivity contribution in [1.82, 2.24) is 0 Å². The highest BCUT2D eigenvalue weighted by Gasteiger charge is 2.70. The minimum absolute atomic E-state index is 0.00450. The second kappa shape index (κ2) is 9.02. The summed E-state index contributed by atoms with van der Waals surface area (Å²) in [7, 11) is 0. The van der Waals surface area contributed by atoms with E-state index in [-0.39, 0.29) is 17.9 Å². The van der Waals surface area contributed by atoms with Gasteiger partial charge in [-0.25, -0.2) is 4.79 Å². The van der Waals surface area contributed by atoms with Crippen LogP contribution in [0.3, 0.4) is 0 Å². The summed E-state index contributed by atoms with van der Waals surface area (Å²) in [6.07, 6.45) is 9.82. The molecule has 2 bridgehead atoms. The molecule has 6 atom stereocenters. The predicted molar refractivity (Wildman–Crippen MR) is 138 cm³/mol. The van der Waals surface area contributed by atoms with E-state index < -0.39 is 34.8 Å². The average molecular weight is 517 g/mol. The molecule has 5 saturated heterocycles. The van der Waals surface area contributed by atoms with Crippen LogP contribution in [-0.4, -0.2) is 58.3 Å². The molecule has 6 aliphatic rings. The van der Waals surface area contributed by atoms with Gasteiger partial charge in [0.2, 0.25) is 5.79 Å². The van der Waals surface area contributed by atoms with E-state index >= 15 is 0 Å². The number of hydrogen-bond donors (Lipinski definition) is 2. The van der Waals surface area contributed by atoms with E-state index in [2.05, 4.69) is 33.4 Å². The van der Waals surface area contributed by atoms with Gasteiger partial charge in [-0.3, -0.25) is 0 Å². The number of allylic oxidation sites excluding steroid dienone is 3. The van der Waals surface area contributed by atoms with Crippen molar-refractivity contribution >= 4 is 5.97 Å². The van der Waals surface area contributed by atoms with Crippen molar-refractivity contribution in [2.75, 3.05) is 13.2 Å². The molecule has 1 spiro atoms. The van der Waals surface area contributed by atoms with Crippen molar-refractivity contribution in [2.24, 2.45) is 17.3 Å². The van der Waals surface area contributed by atoms with E-state index in [1.807, 2.05) is 19.9 Å². The van der Waals surface area contributed by atoms with Crippen LogP contribution in [0.2, 0.25) is 0 Å². The SMILES string of the molecule is C=C1CC[C@@H](C/C=C2/CC[C@]3(OC2)O[C@@]2(O)CC[C@]3(C)OC2(C)C)C(C)(C)[C@H]1C/C=C1\C(=O)OC[C@@H]1O. The van der Waals surface area contributed by atoms with E-state index in [0.717, 1.165) is 25.7 Å². The van der Waals surface area contributed by atoms with Crippen LogP contribution in [0.5, 0.6) is 0 Å². The van der Waals surface area contributed by atoms with Crippen LogP contribution in [0.25, 0.3) is 0 Å². The van der Waals surface area contributed by atoms with Gasteiger partial charge in [0.25, 0.3) is 0 Å². The first-order valence-corrected chi connectivity index (χ1v) is 13.9. The first kappa shape index (κ1) is 27.1. The standard InChI is InChI=1S/C30H44O7/c1-19-7-9-21(26(2,3)23(19)12-11-22-24(31)18-34-25(22)32)10-8-20-13-14-30(35-17-20)28(6)15-16-29(33,37-30)27(4,5)36-28/h8,11,21,23-24,31,33H,1,7,9-10,12-18H2,2-6H3/b20-8-,22-11-/t21-,23-,24-,28-,29-,30-/m0/s1. The molecule has 206 valence electrons. The zero-order valence-electron chi connectivity index (χ0n) is 23.1. The van der Waals surface area contributed by atoms with E-state index in [9.17, 15) is 15.0 Å². The fraction of sp³-hybridized carbons (Fsp3) is 0.767. The zero-order valence-corrected chi connectivity index (χ0v) is 23.1. The van der Waals surface area contributed by atoms with Crippen molar-refractivity contribution in [2.45, 2.75) is 115 Å². The molecule has 6 rings (SSSR count). The molecular formula is C30H44O7. The number of fused-ring (bicyclic) bond motifs is 2. The number of ether oxygens (including phenoxy) is 4.